The molecule has 0 spiro atoms. The van der Waals surface area contributed by atoms with Crippen molar-refractivity contribution in [1.29, 1.82) is 0 Å². The zero-order valence-electron chi connectivity index (χ0n) is 11.5. The van der Waals surface area contributed by atoms with E-state index in [1.807, 2.05) is 31.2 Å². The third-order valence-electron chi connectivity index (χ3n) is 3.67. The SMILES string of the molecule is Cc1cccc(C[C@@H](C(=O)O)N2CC(CO)CC2=O)c1. The van der Waals surface area contributed by atoms with Crippen molar-refractivity contribution in [3.63, 3.8) is 0 Å². The average molecular weight is 277 g/mol. The van der Waals surface area contributed by atoms with Crippen LogP contribution in [0.25, 0.3) is 0 Å². The minimum atomic E-state index is -1.00. The molecule has 1 saturated heterocycles. The predicted octanol–water partition coefficient (Wildman–Crippen LogP) is 0.832. The molecule has 108 valence electrons. The highest BCUT2D eigenvalue weighted by atomic mass is 16.4. The second-order valence-corrected chi connectivity index (χ2v) is 5.35. The maximum Gasteiger partial charge on any atom is 0.326 e. The molecule has 0 aliphatic carbocycles. The minimum absolute atomic E-state index is 0.0843. The van der Waals surface area contributed by atoms with E-state index < -0.39 is 12.0 Å². The summed E-state index contributed by atoms with van der Waals surface area (Å²) in [4.78, 5) is 24.7. The van der Waals surface area contributed by atoms with Gasteiger partial charge in [0.2, 0.25) is 5.91 Å². The third-order valence-corrected chi connectivity index (χ3v) is 3.67. The fourth-order valence-corrected chi connectivity index (χ4v) is 2.63. The monoisotopic (exact) mass is 277 g/mol. The number of carboxylic acids is 1. The maximum absolute atomic E-state index is 11.9. The van der Waals surface area contributed by atoms with Crippen LogP contribution in [0.3, 0.4) is 0 Å². The second-order valence-electron chi connectivity index (χ2n) is 5.35. The van der Waals surface area contributed by atoms with Crippen LogP contribution < -0.4 is 0 Å². The molecule has 1 unspecified atom stereocenters. The molecule has 20 heavy (non-hydrogen) atoms. The molecule has 1 aromatic carbocycles. The summed E-state index contributed by atoms with van der Waals surface area (Å²) in [6.45, 7) is 2.18. The van der Waals surface area contributed by atoms with Gasteiger partial charge in [-0.15, -0.1) is 0 Å². The van der Waals surface area contributed by atoms with Crippen molar-refractivity contribution >= 4 is 11.9 Å². The number of aliphatic hydroxyl groups is 1. The lowest BCUT2D eigenvalue weighted by atomic mass is 10.0. The fourth-order valence-electron chi connectivity index (χ4n) is 2.63. The summed E-state index contributed by atoms with van der Waals surface area (Å²) in [5.41, 5.74) is 1.96. The number of nitrogens with zero attached hydrogens (tertiary/aromatic N) is 1. The summed E-state index contributed by atoms with van der Waals surface area (Å²) < 4.78 is 0. The summed E-state index contributed by atoms with van der Waals surface area (Å²) in [6, 6.07) is 6.77. The summed E-state index contributed by atoms with van der Waals surface area (Å²) >= 11 is 0. The number of carboxylic acid groups (broad SMARTS) is 1. The van der Waals surface area contributed by atoms with E-state index >= 15 is 0 Å². The van der Waals surface area contributed by atoms with Crippen molar-refractivity contribution in [3.05, 3.63) is 35.4 Å². The van der Waals surface area contributed by atoms with Gasteiger partial charge < -0.3 is 15.1 Å². The van der Waals surface area contributed by atoms with Crippen molar-refractivity contribution in [3.8, 4) is 0 Å². The van der Waals surface area contributed by atoms with Crippen molar-refractivity contribution in [2.45, 2.75) is 25.8 Å². The fraction of sp³-hybridized carbons (Fsp3) is 0.467. The topological polar surface area (TPSA) is 77.8 Å². The molecule has 1 aliphatic rings. The van der Waals surface area contributed by atoms with Gasteiger partial charge in [-0.25, -0.2) is 4.79 Å². The Hall–Kier alpha value is -1.88. The van der Waals surface area contributed by atoms with E-state index in [0.717, 1.165) is 11.1 Å². The van der Waals surface area contributed by atoms with Gasteiger partial charge in [-0.05, 0) is 12.5 Å². The van der Waals surface area contributed by atoms with E-state index in [4.69, 9.17) is 5.11 Å². The van der Waals surface area contributed by atoms with E-state index in [9.17, 15) is 14.7 Å². The standard InChI is InChI=1S/C15H19NO4/c1-10-3-2-4-11(5-10)6-13(15(19)20)16-8-12(9-17)7-14(16)18/h2-5,12-13,17H,6-9H2,1H3,(H,19,20)/t12?,13-/m0/s1. The number of benzene rings is 1. The first-order chi connectivity index (χ1) is 9.51. The van der Waals surface area contributed by atoms with Crippen LogP contribution in [0.15, 0.2) is 24.3 Å². The zero-order valence-corrected chi connectivity index (χ0v) is 11.5. The summed E-state index contributed by atoms with van der Waals surface area (Å²) in [5, 5.41) is 18.5. The number of aliphatic carboxylic acids is 1. The normalized spacial score (nSPS) is 20.2. The summed E-state index contributed by atoms with van der Waals surface area (Å²) in [5.74, 6) is -1.34. The number of aryl methyl sites for hydroxylation is 1. The van der Waals surface area contributed by atoms with Crippen molar-refractivity contribution in [2.24, 2.45) is 5.92 Å². The van der Waals surface area contributed by atoms with Gasteiger partial charge in [0.05, 0.1) is 0 Å². The van der Waals surface area contributed by atoms with E-state index in [-0.39, 0.29) is 24.9 Å². The van der Waals surface area contributed by atoms with Crippen LogP contribution in [0, 0.1) is 12.8 Å². The quantitative estimate of drug-likeness (QED) is 0.835. The lowest BCUT2D eigenvalue weighted by Gasteiger charge is -2.24. The number of carbonyl (C=O) groups excluding carboxylic acids is 1. The van der Waals surface area contributed by atoms with Gasteiger partial charge >= 0.3 is 5.97 Å². The number of hydrogen-bond donors (Lipinski definition) is 2. The highest BCUT2D eigenvalue weighted by molar-refractivity contribution is 5.85. The third kappa shape index (κ3) is 3.17. The Morgan fingerprint density at radius 1 is 1.50 bits per heavy atom. The van der Waals surface area contributed by atoms with Crippen molar-refractivity contribution < 1.29 is 19.8 Å². The van der Waals surface area contributed by atoms with E-state index in [0.29, 0.717) is 13.0 Å². The van der Waals surface area contributed by atoms with Crippen LogP contribution in [0.2, 0.25) is 0 Å². The molecule has 1 amide bonds. The molecule has 0 aromatic heterocycles. The van der Waals surface area contributed by atoms with Gasteiger partial charge in [-0.2, -0.15) is 0 Å². The van der Waals surface area contributed by atoms with Gasteiger partial charge in [0.1, 0.15) is 6.04 Å². The number of aliphatic hydroxyl groups excluding tert-OH is 1. The number of rotatable bonds is 5. The van der Waals surface area contributed by atoms with E-state index in [2.05, 4.69) is 0 Å². The number of amides is 1. The van der Waals surface area contributed by atoms with Crippen LogP contribution in [-0.4, -0.2) is 46.2 Å². The highest BCUT2D eigenvalue weighted by Crippen LogP contribution is 2.22. The van der Waals surface area contributed by atoms with Gasteiger partial charge in [0, 0.05) is 31.9 Å². The molecule has 1 heterocycles. The molecule has 1 aromatic rings. The van der Waals surface area contributed by atoms with Crippen LogP contribution >= 0.6 is 0 Å². The van der Waals surface area contributed by atoms with E-state index in [1.54, 1.807) is 0 Å². The lowest BCUT2D eigenvalue weighted by Crippen LogP contribution is -2.43. The first-order valence-electron chi connectivity index (χ1n) is 6.70. The Morgan fingerprint density at radius 3 is 2.80 bits per heavy atom. The molecule has 2 N–H and O–H groups in total. The van der Waals surface area contributed by atoms with Crippen LogP contribution in [0.1, 0.15) is 17.5 Å². The predicted molar refractivity (Wildman–Crippen MR) is 73.2 cm³/mol. The minimum Gasteiger partial charge on any atom is -0.480 e. The summed E-state index contributed by atoms with van der Waals surface area (Å²) in [7, 11) is 0. The van der Waals surface area contributed by atoms with Crippen molar-refractivity contribution in [2.75, 3.05) is 13.2 Å². The lowest BCUT2D eigenvalue weighted by molar-refractivity contribution is -0.148. The molecule has 0 saturated carbocycles. The summed E-state index contributed by atoms with van der Waals surface area (Å²) in [6.07, 6.45) is 0.523. The highest BCUT2D eigenvalue weighted by Gasteiger charge is 2.37. The number of likely N-dealkylation sites (tertiary alicyclic amines) is 1. The zero-order chi connectivity index (χ0) is 14.7. The van der Waals surface area contributed by atoms with Crippen LogP contribution in [-0.2, 0) is 16.0 Å². The second kappa shape index (κ2) is 6.05. The van der Waals surface area contributed by atoms with Crippen molar-refractivity contribution in [1.82, 2.24) is 4.90 Å². The molecule has 5 nitrogen and oxygen atoms in total. The number of carbonyl (C=O) groups is 2. The van der Waals surface area contributed by atoms with Crippen LogP contribution in [0.4, 0.5) is 0 Å². The Morgan fingerprint density at radius 2 is 2.25 bits per heavy atom. The first-order valence-corrected chi connectivity index (χ1v) is 6.70. The molecule has 0 radical (unpaired) electrons. The van der Waals surface area contributed by atoms with Crippen LogP contribution in [0.5, 0.6) is 0 Å². The Balaban J connectivity index is 2.16. The molecular formula is C15H19NO4. The Kier molecular flexibility index (Phi) is 4.39. The maximum atomic E-state index is 11.9. The molecular weight excluding hydrogens is 258 g/mol. The number of hydrogen-bond acceptors (Lipinski definition) is 3. The van der Waals surface area contributed by atoms with Gasteiger partial charge in [0.25, 0.3) is 0 Å². The van der Waals surface area contributed by atoms with E-state index in [1.165, 1.54) is 4.90 Å². The van der Waals surface area contributed by atoms with Gasteiger partial charge in [0.15, 0.2) is 0 Å². The molecule has 2 rings (SSSR count). The Bertz CT molecular complexity index is 514. The molecule has 1 aliphatic heterocycles. The Labute approximate surface area is 117 Å². The van der Waals surface area contributed by atoms with Gasteiger partial charge in [-0.3, -0.25) is 4.79 Å². The molecule has 1 fully saturated rings. The average Bonchev–Trinajstić information content (AvgIpc) is 2.77. The molecule has 0 bridgehead atoms. The molecule has 5 heteroatoms. The molecule has 2 atom stereocenters. The largest absolute Gasteiger partial charge is 0.480 e. The smallest absolute Gasteiger partial charge is 0.326 e. The first kappa shape index (κ1) is 14.5. The van der Waals surface area contributed by atoms with Gasteiger partial charge in [-0.1, -0.05) is 29.8 Å².